The average Bonchev–Trinajstić information content (AvgIpc) is 3.88. The SMILES string of the molecule is c1ccc(C2NC(c3ccc4c(c3)sc3ccccc34)NC(c3ccc4c(c3)sc3cccc(-c5cccc6c5sc5ccccc56)c34)N2)cc1. The van der Waals surface area contributed by atoms with E-state index in [1.807, 2.05) is 34.0 Å². The smallest absolute Gasteiger partial charge is 0.0865 e. The van der Waals surface area contributed by atoms with Crippen molar-refractivity contribution in [2.24, 2.45) is 0 Å². The summed E-state index contributed by atoms with van der Waals surface area (Å²) in [6, 6.07) is 55.8. The van der Waals surface area contributed by atoms with E-state index in [0.717, 1.165) is 0 Å². The molecule has 1 aliphatic heterocycles. The molecule has 4 heterocycles. The highest BCUT2D eigenvalue weighted by atomic mass is 32.1. The third kappa shape index (κ3) is 4.87. The largest absolute Gasteiger partial charge is 0.279 e. The van der Waals surface area contributed by atoms with Crippen molar-refractivity contribution in [3.05, 3.63) is 168 Å². The fraction of sp³-hybridized carbons (Fsp3) is 0.0667. The van der Waals surface area contributed by atoms with Crippen molar-refractivity contribution in [2.75, 3.05) is 0 Å². The van der Waals surface area contributed by atoms with Crippen molar-refractivity contribution in [1.82, 2.24) is 16.0 Å². The fourth-order valence-corrected chi connectivity index (χ4v) is 11.6. The van der Waals surface area contributed by atoms with Crippen LogP contribution in [0.5, 0.6) is 0 Å². The summed E-state index contributed by atoms with van der Waals surface area (Å²) in [7, 11) is 0. The summed E-state index contributed by atoms with van der Waals surface area (Å²) in [6.07, 6.45) is -0.115. The van der Waals surface area contributed by atoms with Gasteiger partial charge in [-0.3, -0.25) is 16.0 Å². The maximum Gasteiger partial charge on any atom is 0.0865 e. The standard InChI is InChI=1S/C45H31N3S3/c1-2-10-26(11-3-1)43-46-44(27-20-22-31-29-12-4-6-17-36(29)49-39(31)24-27)48-45(47-43)28-21-23-35-40(25-28)50-38-19-9-14-32(41(35)38)34-16-8-15-33-30-13-5-7-18-37(30)51-42(33)34/h1-25,43-48H. The van der Waals surface area contributed by atoms with Gasteiger partial charge in [-0.1, -0.05) is 121 Å². The van der Waals surface area contributed by atoms with Gasteiger partial charge in [0.25, 0.3) is 0 Å². The minimum absolute atomic E-state index is 0.0212. The molecule has 7 aromatic carbocycles. The zero-order valence-corrected chi connectivity index (χ0v) is 29.8. The molecule has 1 saturated heterocycles. The lowest BCUT2D eigenvalue weighted by Gasteiger charge is -2.39. The van der Waals surface area contributed by atoms with Crippen molar-refractivity contribution in [3.63, 3.8) is 0 Å². The van der Waals surface area contributed by atoms with Gasteiger partial charge in [0, 0.05) is 66.1 Å². The Morgan fingerprint density at radius 2 is 0.843 bits per heavy atom. The molecule has 3 aromatic heterocycles. The highest BCUT2D eigenvalue weighted by Gasteiger charge is 2.30. The second-order valence-electron chi connectivity index (χ2n) is 13.4. The Kier molecular flexibility index (Phi) is 6.90. The predicted octanol–water partition coefficient (Wildman–Crippen LogP) is 12.6. The number of fused-ring (bicyclic) bond motifs is 9. The molecule has 1 aliphatic rings. The van der Waals surface area contributed by atoms with Crippen LogP contribution in [0.1, 0.15) is 35.2 Å². The van der Waals surface area contributed by atoms with Crippen LogP contribution in [0.2, 0.25) is 0 Å². The van der Waals surface area contributed by atoms with Crippen molar-refractivity contribution in [1.29, 1.82) is 0 Å². The molecule has 3 unspecified atom stereocenters. The molecule has 3 nitrogen and oxygen atoms in total. The minimum Gasteiger partial charge on any atom is -0.279 e. The number of hydrogen-bond acceptors (Lipinski definition) is 6. The summed E-state index contributed by atoms with van der Waals surface area (Å²) in [6.45, 7) is 0. The van der Waals surface area contributed by atoms with E-state index in [0.29, 0.717) is 0 Å². The first-order valence-corrected chi connectivity index (χ1v) is 19.8. The first-order valence-electron chi connectivity index (χ1n) is 17.4. The van der Waals surface area contributed by atoms with Gasteiger partial charge in [0.2, 0.25) is 0 Å². The molecule has 11 rings (SSSR count). The molecular weight excluding hydrogens is 679 g/mol. The maximum atomic E-state index is 3.94. The van der Waals surface area contributed by atoms with Gasteiger partial charge in [-0.2, -0.15) is 0 Å². The molecule has 3 atom stereocenters. The summed E-state index contributed by atoms with van der Waals surface area (Å²) in [4.78, 5) is 0. The minimum atomic E-state index is -0.0547. The Morgan fingerprint density at radius 3 is 1.61 bits per heavy atom. The topological polar surface area (TPSA) is 36.1 Å². The normalized spacial score (nSPS) is 18.2. The summed E-state index contributed by atoms with van der Waals surface area (Å²) in [5.41, 5.74) is 6.32. The van der Waals surface area contributed by atoms with E-state index in [2.05, 4.69) is 168 Å². The summed E-state index contributed by atoms with van der Waals surface area (Å²) < 4.78 is 7.97. The van der Waals surface area contributed by atoms with Crippen molar-refractivity contribution in [3.8, 4) is 11.1 Å². The number of benzene rings is 7. The van der Waals surface area contributed by atoms with E-state index in [4.69, 9.17) is 0 Å². The molecule has 0 amide bonds. The number of hydrogen-bond donors (Lipinski definition) is 3. The van der Waals surface area contributed by atoms with E-state index >= 15 is 0 Å². The Balaban J connectivity index is 1.01. The van der Waals surface area contributed by atoms with Crippen LogP contribution < -0.4 is 16.0 Å². The van der Waals surface area contributed by atoms with Gasteiger partial charge >= 0.3 is 0 Å². The first kappa shape index (κ1) is 29.8. The van der Waals surface area contributed by atoms with E-state index in [1.165, 1.54) is 88.3 Å². The third-order valence-electron chi connectivity index (χ3n) is 10.4. The van der Waals surface area contributed by atoms with Crippen LogP contribution in [-0.2, 0) is 0 Å². The second kappa shape index (κ2) is 11.8. The van der Waals surface area contributed by atoms with Gasteiger partial charge in [-0.25, -0.2) is 0 Å². The molecule has 0 spiro atoms. The van der Waals surface area contributed by atoms with Crippen LogP contribution in [0, 0.1) is 0 Å². The highest BCUT2D eigenvalue weighted by Crippen LogP contribution is 2.46. The van der Waals surface area contributed by atoms with Gasteiger partial charge in [-0.15, -0.1) is 34.0 Å². The van der Waals surface area contributed by atoms with Gasteiger partial charge in [-0.05, 0) is 52.6 Å². The summed E-state index contributed by atoms with van der Waals surface area (Å²) in [5, 5.41) is 19.7. The lowest BCUT2D eigenvalue weighted by atomic mass is 9.97. The Hall–Kier alpha value is -4.92. The first-order chi connectivity index (χ1) is 25.2. The quantitative estimate of drug-likeness (QED) is 0.170. The van der Waals surface area contributed by atoms with Crippen LogP contribution in [0.3, 0.4) is 0 Å². The zero-order chi connectivity index (χ0) is 33.5. The molecular formula is C45H31N3S3. The molecule has 51 heavy (non-hydrogen) atoms. The van der Waals surface area contributed by atoms with E-state index < -0.39 is 0 Å². The van der Waals surface area contributed by atoms with E-state index in [-0.39, 0.29) is 18.5 Å². The molecule has 244 valence electrons. The van der Waals surface area contributed by atoms with Gasteiger partial charge in [0.05, 0.1) is 18.5 Å². The fourth-order valence-electron chi connectivity index (χ4n) is 7.99. The van der Waals surface area contributed by atoms with Gasteiger partial charge in [0.15, 0.2) is 0 Å². The Labute approximate surface area is 306 Å². The highest BCUT2D eigenvalue weighted by molar-refractivity contribution is 7.27. The van der Waals surface area contributed by atoms with Crippen LogP contribution in [0.25, 0.3) is 71.6 Å². The van der Waals surface area contributed by atoms with Gasteiger partial charge < -0.3 is 0 Å². The number of thiophene rings is 3. The lowest BCUT2D eigenvalue weighted by Crippen LogP contribution is -2.54. The molecule has 0 aliphatic carbocycles. The predicted molar refractivity (Wildman–Crippen MR) is 221 cm³/mol. The second-order valence-corrected chi connectivity index (χ2v) is 16.6. The molecule has 3 N–H and O–H groups in total. The lowest BCUT2D eigenvalue weighted by molar-refractivity contribution is 0.203. The molecule has 0 bridgehead atoms. The molecule has 10 aromatic rings. The third-order valence-corrected chi connectivity index (χ3v) is 13.9. The molecule has 1 fully saturated rings. The molecule has 0 radical (unpaired) electrons. The zero-order valence-electron chi connectivity index (χ0n) is 27.4. The summed E-state index contributed by atoms with van der Waals surface area (Å²) >= 11 is 5.66. The number of nitrogens with one attached hydrogen (secondary N) is 3. The van der Waals surface area contributed by atoms with Crippen molar-refractivity contribution >= 4 is 94.5 Å². The van der Waals surface area contributed by atoms with Crippen LogP contribution >= 0.6 is 34.0 Å². The Morgan fingerprint density at radius 1 is 0.333 bits per heavy atom. The van der Waals surface area contributed by atoms with Crippen molar-refractivity contribution < 1.29 is 0 Å². The Bertz CT molecular complexity index is 2940. The summed E-state index contributed by atoms with van der Waals surface area (Å²) in [5.74, 6) is 0. The van der Waals surface area contributed by atoms with Crippen molar-refractivity contribution in [2.45, 2.75) is 18.5 Å². The monoisotopic (exact) mass is 709 g/mol. The maximum absolute atomic E-state index is 3.94. The van der Waals surface area contributed by atoms with E-state index in [9.17, 15) is 0 Å². The molecule has 6 heteroatoms. The van der Waals surface area contributed by atoms with E-state index in [1.54, 1.807) is 0 Å². The number of rotatable bonds is 4. The van der Waals surface area contributed by atoms with Crippen LogP contribution in [0.15, 0.2) is 152 Å². The van der Waals surface area contributed by atoms with Crippen LogP contribution in [-0.4, -0.2) is 0 Å². The van der Waals surface area contributed by atoms with Gasteiger partial charge in [0.1, 0.15) is 0 Å². The van der Waals surface area contributed by atoms with Crippen LogP contribution in [0.4, 0.5) is 0 Å². The average molecular weight is 710 g/mol. The molecule has 0 saturated carbocycles.